The lowest BCUT2D eigenvalue weighted by Crippen LogP contribution is -2.12. The third kappa shape index (κ3) is 2.11. The van der Waals surface area contributed by atoms with Crippen molar-refractivity contribution in [3.05, 3.63) is 41.3 Å². The Balaban J connectivity index is 2.03. The number of aryl methyl sites for hydroxylation is 1. The number of carbonyl (C=O) groups is 1. The van der Waals surface area contributed by atoms with Crippen molar-refractivity contribution in [1.82, 2.24) is 9.55 Å². The summed E-state index contributed by atoms with van der Waals surface area (Å²) in [5.41, 5.74) is 4.06. The van der Waals surface area contributed by atoms with Gasteiger partial charge in [0.05, 0.1) is 18.5 Å². The van der Waals surface area contributed by atoms with E-state index >= 15 is 0 Å². The number of carbonyl (C=O) groups excluding carboxylic acids is 1. The number of Topliss-reactive ketones (excluding diaryl/α,β-unsaturated/α-hetero) is 1. The van der Waals surface area contributed by atoms with Crippen LogP contribution < -0.4 is 4.74 Å². The first-order valence-electron chi connectivity index (χ1n) is 7.04. The van der Waals surface area contributed by atoms with Gasteiger partial charge in [0.2, 0.25) is 5.88 Å². The molecule has 0 atom stereocenters. The van der Waals surface area contributed by atoms with Crippen LogP contribution >= 0.6 is 0 Å². The normalized spacial score (nSPS) is 14.2. The lowest BCUT2D eigenvalue weighted by atomic mass is 9.96. The van der Waals surface area contributed by atoms with Gasteiger partial charge in [-0.05, 0) is 38.8 Å². The second kappa shape index (κ2) is 5.12. The van der Waals surface area contributed by atoms with Gasteiger partial charge in [-0.1, -0.05) is 0 Å². The van der Waals surface area contributed by atoms with E-state index < -0.39 is 0 Å². The van der Waals surface area contributed by atoms with Gasteiger partial charge in [0.25, 0.3) is 0 Å². The average Bonchev–Trinajstić information content (AvgIpc) is 2.78. The molecule has 0 N–H and O–H groups in total. The molecule has 0 bridgehead atoms. The molecule has 0 saturated carbocycles. The van der Waals surface area contributed by atoms with Crippen LogP contribution in [0.1, 0.15) is 41.5 Å². The molecule has 2 heterocycles. The van der Waals surface area contributed by atoms with Crippen LogP contribution in [-0.4, -0.2) is 21.9 Å². The van der Waals surface area contributed by atoms with E-state index in [1.165, 1.54) is 0 Å². The van der Waals surface area contributed by atoms with Crippen molar-refractivity contribution in [2.75, 3.05) is 6.61 Å². The van der Waals surface area contributed by atoms with Crippen molar-refractivity contribution >= 4 is 5.78 Å². The zero-order valence-corrected chi connectivity index (χ0v) is 11.8. The van der Waals surface area contributed by atoms with E-state index in [4.69, 9.17) is 4.74 Å². The van der Waals surface area contributed by atoms with Crippen LogP contribution in [0.5, 0.6) is 5.88 Å². The number of rotatable bonds is 3. The summed E-state index contributed by atoms with van der Waals surface area (Å²) in [5, 5.41) is 0. The molecule has 0 fully saturated rings. The Morgan fingerprint density at radius 3 is 2.90 bits per heavy atom. The summed E-state index contributed by atoms with van der Waals surface area (Å²) in [4.78, 5) is 16.3. The molecule has 4 heteroatoms. The molecule has 0 aromatic carbocycles. The lowest BCUT2D eigenvalue weighted by molar-refractivity contribution is 0.0972. The summed E-state index contributed by atoms with van der Waals surface area (Å²) in [7, 11) is 0. The minimum Gasteiger partial charge on any atom is -0.478 e. The van der Waals surface area contributed by atoms with E-state index in [2.05, 4.69) is 9.55 Å². The summed E-state index contributed by atoms with van der Waals surface area (Å²) >= 11 is 0. The van der Waals surface area contributed by atoms with Gasteiger partial charge in [-0.15, -0.1) is 0 Å². The van der Waals surface area contributed by atoms with Gasteiger partial charge < -0.3 is 9.30 Å². The number of fused-ring (bicyclic) bond motifs is 1. The Morgan fingerprint density at radius 2 is 2.20 bits per heavy atom. The number of ketones is 1. The topological polar surface area (TPSA) is 44.1 Å². The molecule has 104 valence electrons. The highest BCUT2D eigenvalue weighted by Crippen LogP contribution is 2.28. The number of nitrogens with zero attached hydrogens (tertiary/aromatic N) is 2. The fraction of sp³-hybridized carbons (Fsp3) is 0.375. The SMILES string of the molecule is CCOc1ccc(-n2c(C)cc3c2CCCC3=O)cn1. The average molecular weight is 270 g/mol. The third-order valence-electron chi connectivity index (χ3n) is 3.68. The van der Waals surface area contributed by atoms with Crippen molar-refractivity contribution < 1.29 is 9.53 Å². The Hall–Kier alpha value is -2.10. The fourth-order valence-electron chi connectivity index (χ4n) is 2.83. The molecule has 0 unspecified atom stereocenters. The first kappa shape index (κ1) is 12.9. The van der Waals surface area contributed by atoms with Gasteiger partial charge in [0.1, 0.15) is 0 Å². The minimum absolute atomic E-state index is 0.256. The molecule has 1 aliphatic rings. The van der Waals surface area contributed by atoms with E-state index in [0.29, 0.717) is 18.9 Å². The second-order valence-electron chi connectivity index (χ2n) is 5.05. The quantitative estimate of drug-likeness (QED) is 0.860. The molecule has 2 aromatic heterocycles. The summed E-state index contributed by atoms with van der Waals surface area (Å²) < 4.78 is 7.50. The minimum atomic E-state index is 0.256. The summed E-state index contributed by atoms with van der Waals surface area (Å²) in [6, 6.07) is 5.85. The van der Waals surface area contributed by atoms with E-state index in [9.17, 15) is 4.79 Å². The molecular formula is C16H18N2O2. The van der Waals surface area contributed by atoms with Crippen LogP contribution in [0.2, 0.25) is 0 Å². The van der Waals surface area contributed by atoms with Crippen LogP contribution in [-0.2, 0) is 6.42 Å². The number of hydrogen-bond donors (Lipinski definition) is 0. The van der Waals surface area contributed by atoms with Crippen molar-refractivity contribution in [3.8, 4) is 11.6 Å². The molecule has 0 aliphatic heterocycles. The van der Waals surface area contributed by atoms with Gasteiger partial charge in [-0.2, -0.15) is 0 Å². The van der Waals surface area contributed by atoms with Gasteiger partial charge in [-0.3, -0.25) is 4.79 Å². The highest BCUT2D eigenvalue weighted by atomic mass is 16.5. The molecule has 0 radical (unpaired) electrons. The van der Waals surface area contributed by atoms with Crippen LogP contribution in [0.3, 0.4) is 0 Å². The van der Waals surface area contributed by atoms with Gasteiger partial charge in [0, 0.05) is 29.4 Å². The van der Waals surface area contributed by atoms with Gasteiger partial charge in [-0.25, -0.2) is 4.98 Å². The second-order valence-corrected chi connectivity index (χ2v) is 5.05. The van der Waals surface area contributed by atoms with E-state index in [1.807, 2.05) is 32.0 Å². The zero-order chi connectivity index (χ0) is 14.1. The Morgan fingerprint density at radius 1 is 1.35 bits per heavy atom. The zero-order valence-electron chi connectivity index (χ0n) is 11.8. The van der Waals surface area contributed by atoms with Crippen LogP contribution in [0, 0.1) is 6.92 Å². The molecular weight excluding hydrogens is 252 g/mol. The molecule has 1 aliphatic carbocycles. The first-order valence-corrected chi connectivity index (χ1v) is 7.04. The number of ether oxygens (including phenoxy) is 1. The molecule has 4 nitrogen and oxygen atoms in total. The van der Waals surface area contributed by atoms with E-state index in [0.717, 1.165) is 35.5 Å². The summed E-state index contributed by atoms with van der Waals surface area (Å²) in [5.74, 6) is 0.887. The molecule has 0 saturated heterocycles. The predicted octanol–water partition coefficient (Wildman–Crippen LogP) is 3.10. The summed E-state index contributed by atoms with van der Waals surface area (Å²) in [6.07, 6.45) is 4.34. The lowest BCUT2D eigenvalue weighted by Gasteiger charge is -2.16. The smallest absolute Gasteiger partial charge is 0.213 e. The Bertz CT molecular complexity index is 641. The van der Waals surface area contributed by atoms with Gasteiger partial charge in [0.15, 0.2) is 5.78 Å². The van der Waals surface area contributed by atoms with E-state index in [-0.39, 0.29) is 5.78 Å². The predicted molar refractivity (Wildman–Crippen MR) is 76.7 cm³/mol. The molecule has 3 rings (SSSR count). The van der Waals surface area contributed by atoms with Crippen molar-refractivity contribution in [1.29, 1.82) is 0 Å². The van der Waals surface area contributed by atoms with Crippen molar-refractivity contribution in [2.24, 2.45) is 0 Å². The Labute approximate surface area is 118 Å². The standard InChI is InChI=1S/C16H18N2O2/c1-3-20-16-8-7-12(10-17-16)18-11(2)9-13-14(18)5-4-6-15(13)19/h7-10H,3-6H2,1-2H3. The Kier molecular flexibility index (Phi) is 3.30. The molecule has 0 spiro atoms. The maximum atomic E-state index is 12.0. The van der Waals surface area contributed by atoms with E-state index in [1.54, 1.807) is 6.20 Å². The van der Waals surface area contributed by atoms with Crippen molar-refractivity contribution in [2.45, 2.75) is 33.1 Å². The number of pyridine rings is 1. The summed E-state index contributed by atoms with van der Waals surface area (Å²) in [6.45, 7) is 4.58. The van der Waals surface area contributed by atoms with Crippen LogP contribution in [0.25, 0.3) is 5.69 Å². The molecule has 0 amide bonds. The highest BCUT2D eigenvalue weighted by molar-refractivity contribution is 5.98. The maximum absolute atomic E-state index is 12.0. The monoisotopic (exact) mass is 270 g/mol. The molecule has 2 aromatic rings. The first-order chi connectivity index (χ1) is 9.70. The van der Waals surface area contributed by atoms with Gasteiger partial charge >= 0.3 is 0 Å². The highest BCUT2D eigenvalue weighted by Gasteiger charge is 2.23. The maximum Gasteiger partial charge on any atom is 0.213 e. The number of aromatic nitrogens is 2. The largest absolute Gasteiger partial charge is 0.478 e. The molecule has 20 heavy (non-hydrogen) atoms. The van der Waals surface area contributed by atoms with Crippen LogP contribution in [0.15, 0.2) is 24.4 Å². The third-order valence-corrected chi connectivity index (χ3v) is 3.68. The number of hydrogen-bond acceptors (Lipinski definition) is 3. The van der Waals surface area contributed by atoms with Crippen molar-refractivity contribution in [3.63, 3.8) is 0 Å². The fourth-order valence-corrected chi connectivity index (χ4v) is 2.83. The van der Waals surface area contributed by atoms with Crippen LogP contribution in [0.4, 0.5) is 0 Å².